The Morgan fingerprint density at radius 1 is 0.538 bits per heavy atom. The van der Waals surface area contributed by atoms with Crippen molar-refractivity contribution in [3.63, 3.8) is 0 Å². The Hall–Kier alpha value is -2.23. The van der Waals surface area contributed by atoms with E-state index in [1.54, 1.807) is 0 Å². The lowest BCUT2D eigenvalue weighted by molar-refractivity contribution is 0.378. The molecule has 0 amide bonds. The molecule has 0 saturated heterocycles. The average molecular weight is 348 g/mol. The Morgan fingerprint density at radius 2 is 0.885 bits per heavy atom. The van der Waals surface area contributed by atoms with E-state index in [0.717, 1.165) is 35.8 Å². The monoisotopic (exact) mass is 348 g/mol. The number of para-hydroxylation sites is 4. The number of hydrogen-bond donors (Lipinski definition) is 0. The van der Waals surface area contributed by atoms with E-state index in [0.29, 0.717) is 0 Å². The first kappa shape index (κ1) is 16.0. The highest BCUT2D eigenvalue weighted by Gasteiger charge is 2.52. The van der Waals surface area contributed by atoms with Crippen LogP contribution in [-0.4, -0.2) is 14.2 Å². The second-order valence-corrected chi connectivity index (χ2v) is 7.42. The molecule has 26 heavy (non-hydrogen) atoms. The fourth-order valence-corrected chi connectivity index (χ4v) is 4.41. The van der Waals surface area contributed by atoms with Crippen molar-refractivity contribution in [3.8, 4) is 23.0 Å². The molecular formula is C20H22B2O4. The van der Waals surface area contributed by atoms with Crippen LogP contribution >= 0.6 is 0 Å². The van der Waals surface area contributed by atoms with Gasteiger partial charge in [-0.05, 0) is 37.1 Å². The summed E-state index contributed by atoms with van der Waals surface area (Å²) in [6, 6.07) is 15.9. The van der Waals surface area contributed by atoms with Gasteiger partial charge in [-0.15, -0.1) is 0 Å². The summed E-state index contributed by atoms with van der Waals surface area (Å²) in [6.45, 7) is 0. The van der Waals surface area contributed by atoms with Crippen molar-refractivity contribution in [2.75, 3.05) is 0 Å². The summed E-state index contributed by atoms with van der Waals surface area (Å²) in [7, 11) is -0.516. The van der Waals surface area contributed by atoms with E-state index < -0.39 is 0 Å². The van der Waals surface area contributed by atoms with Crippen LogP contribution < -0.4 is 18.6 Å². The van der Waals surface area contributed by atoms with Gasteiger partial charge in [0.15, 0.2) is 0 Å². The molecule has 1 fully saturated rings. The van der Waals surface area contributed by atoms with Crippen molar-refractivity contribution >= 4 is 14.2 Å². The molecule has 2 atom stereocenters. The lowest BCUT2D eigenvalue weighted by atomic mass is 9.50. The van der Waals surface area contributed by atoms with E-state index >= 15 is 0 Å². The quantitative estimate of drug-likeness (QED) is 0.716. The minimum absolute atomic E-state index is 0.252. The van der Waals surface area contributed by atoms with E-state index in [2.05, 4.69) is 0 Å². The minimum Gasteiger partial charge on any atom is -0.523 e. The molecule has 2 aromatic carbocycles. The molecule has 0 aromatic heterocycles. The molecule has 2 heterocycles. The van der Waals surface area contributed by atoms with Crippen LogP contribution in [0.4, 0.5) is 0 Å². The Balaban J connectivity index is 1.39. The van der Waals surface area contributed by atoms with E-state index in [1.807, 2.05) is 48.5 Å². The van der Waals surface area contributed by atoms with E-state index in [4.69, 9.17) is 18.6 Å². The predicted octanol–water partition coefficient (Wildman–Crippen LogP) is 5.00. The van der Waals surface area contributed by atoms with Gasteiger partial charge in [-0.3, -0.25) is 0 Å². The highest BCUT2D eigenvalue weighted by molar-refractivity contribution is 6.56. The van der Waals surface area contributed by atoms with Crippen molar-refractivity contribution in [1.29, 1.82) is 0 Å². The third-order valence-electron chi connectivity index (χ3n) is 5.74. The van der Waals surface area contributed by atoms with Crippen LogP contribution in [0.5, 0.6) is 23.0 Å². The molecule has 3 aliphatic rings. The molecule has 1 saturated carbocycles. The van der Waals surface area contributed by atoms with Crippen molar-refractivity contribution < 1.29 is 18.6 Å². The minimum atomic E-state index is -0.258. The molecule has 5 rings (SSSR count). The Morgan fingerprint density at radius 3 is 1.23 bits per heavy atom. The van der Waals surface area contributed by atoms with Crippen LogP contribution in [0.2, 0.25) is 11.6 Å². The van der Waals surface area contributed by atoms with Gasteiger partial charge in [-0.25, -0.2) is 0 Å². The number of benzene rings is 2. The molecule has 0 bridgehead atoms. The van der Waals surface area contributed by atoms with Gasteiger partial charge in [0.25, 0.3) is 0 Å². The topological polar surface area (TPSA) is 36.9 Å². The Bertz CT molecular complexity index is 668. The summed E-state index contributed by atoms with van der Waals surface area (Å²) >= 11 is 0. The fraction of sp³-hybridized carbons (Fsp3) is 0.400. The van der Waals surface area contributed by atoms with E-state index in [-0.39, 0.29) is 25.9 Å². The Labute approximate surface area is 155 Å². The summed E-state index contributed by atoms with van der Waals surface area (Å²) in [5.41, 5.74) is 0. The summed E-state index contributed by atoms with van der Waals surface area (Å²) in [5, 5.41) is 0. The summed E-state index contributed by atoms with van der Waals surface area (Å²) < 4.78 is 24.7. The average Bonchev–Trinajstić information content (AvgIpc) is 3.25. The van der Waals surface area contributed by atoms with Gasteiger partial charge in [0.2, 0.25) is 0 Å². The maximum absolute atomic E-state index is 6.18. The third-order valence-corrected chi connectivity index (χ3v) is 5.74. The Kier molecular flexibility index (Phi) is 4.19. The van der Waals surface area contributed by atoms with Crippen LogP contribution in [0.3, 0.4) is 0 Å². The largest absolute Gasteiger partial charge is 0.598 e. The van der Waals surface area contributed by atoms with E-state index in [1.165, 1.54) is 25.7 Å². The molecule has 2 aromatic rings. The van der Waals surface area contributed by atoms with Gasteiger partial charge in [0.05, 0.1) is 0 Å². The van der Waals surface area contributed by atoms with E-state index in [9.17, 15) is 0 Å². The van der Waals surface area contributed by atoms with Gasteiger partial charge in [0, 0.05) is 11.6 Å². The molecule has 1 aliphatic carbocycles. The summed E-state index contributed by atoms with van der Waals surface area (Å²) in [6.07, 6.45) is 7.08. The predicted molar refractivity (Wildman–Crippen MR) is 102 cm³/mol. The lowest BCUT2D eigenvalue weighted by Crippen LogP contribution is -2.42. The van der Waals surface area contributed by atoms with Gasteiger partial charge in [-0.1, -0.05) is 49.9 Å². The first-order valence-electron chi connectivity index (χ1n) is 9.73. The first-order valence-corrected chi connectivity index (χ1v) is 9.73. The maximum Gasteiger partial charge on any atom is 0.598 e. The zero-order valence-electron chi connectivity index (χ0n) is 14.8. The highest BCUT2D eigenvalue weighted by atomic mass is 16.6. The molecule has 0 N–H and O–H groups in total. The molecule has 4 nitrogen and oxygen atoms in total. The summed E-state index contributed by atoms with van der Waals surface area (Å²) in [4.78, 5) is 0. The zero-order valence-corrected chi connectivity index (χ0v) is 14.8. The number of rotatable bonds is 2. The van der Waals surface area contributed by atoms with Crippen molar-refractivity contribution in [2.24, 2.45) is 0 Å². The van der Waals surface area contributed by atoms with Gasteiger partial charge >= 0.3 is 14.2 Å². The van der Waals surface area contributed by atoms with Gasteiger partial charge in [-0.2, -0.15) is 0 Å². The molecule has 132 valence electrons. The van der Waals surface area contributed by atoms with Crippen molar-refractivity contribution in [1.82, 2.24) is 0 Å². The van der Waals surface area contributed by atoms with Crippen molar-refractivity contribution in [3.05, 3.63) is 48.5 Å². The zero-order chi connectivity index (χ0) is 17.3. The normalized spacial score (nSPS) is 24.3. The lowest BCUT2D eigenvalue weighted by Gasteiger charge is -2.29. The smallest absolute Gasteiger partial charge is 0.523 e. The maximum atomic E-state index is 6.18. The van der Waals surface area contributed by atoms with Crippen molar-refractivity contribution in [2.45, 2.75) is 50.2 Å². The highest BCUT2D eigenvalue weighted by Crippen LogP contribution is 2.48. The standard InChI is InChI=1S/C20H22B2O4/c1-2-4-10-16(22-25-19-13-7-8-14-20(19)26-22)15(9-3-1)21-23-17-11-5-6-12-18(17)24-21/h5-8,11-16H,1-4,9-10H2. The molecule has 2 unspecified atom stereocenters. The van der Waals surface area contributed by atoms with Gasteiger partial charge in [0.1, 0.15) is 23.0 Å². The molecule has 0 radical (unpaired) electrons. The molecule has 0 spiro atoms. The molecular weight excluding hydrogens is 326 g/mol. The number of fused-ring (bicyclic) bond motifs is 2. The number of hydrogen-bond acceptors (Lipinski definition) is 4. The van der Waals surface area contributed by atoms with Crippen LogP contribution in [-0.2, 0) is 0 Å². The molecule has 2 aliphatic heterocycles. The third kappa shape index (κ3) is 2.91. The SMILES string of the molecule is c1ccc2c(c1)OB(C1CCCCCCC1B1Oc3ccccc3O1)O2. The van der Waals surface area contributed by atoms with Crippen LogP contribution in [0.25, 0.3) is 0 Å². The first-order chi connectivity index (χ1) is 12.9. The second kappa shape index (κ2) is 6.82. The van der Waals surface area contributed by atoms with Crippen LogP contribution in [0.15, 0.2) is 48.5 Å². The van der Waals surface area contributed by atoms with Gasteiger partial charge < -0.3 is 18.6 Å². The fourth-order valence-electron chi connectivity index (χ4n) is 4.41. The van der Waals surface area contributed by atoms with Crippen LogP contribution in [0, 0.1) is 0 Å². The summed E-state index contributed by atoms with van der Waals surface area (Å²) in [5.74, 6) is 3.87. The second-order valence-electron chi connectivity index (χ2n) is 7.42. The van der Waals surface area contributed by atoms with Crippen LogP contribution in [0.1, 0.15) is 38.5 Å². The molecule has 6 heteroatoms.